The highest BCUT2D eigenvalue weighted by Gasteiger charge is 2.27. The van der Waals surface area contributed by atoms with Gasteiger partial charge >= 0.3 is 0 Å². The van der Waals surface area contributed by atoms with Crippen LogP contribution in [0.1, 0.15) is 36.5 Å². The zero-order valence-electron chi connectivity index (χ0n) is 14.5. The second-order valence-corrected chi connectivity index (χ2v) is 6.71. The van der Waals surface area contributed by atoms with Gasteiger partial charge in [0.25, 0.3) is 0 Å². The van der Waals surface area contributed by atoms with Crippen molar-refractivity contribution in [2.24, 2.45) is 0 Å². The first kappa shape index (κ1) is 16.9. The highest BCUT2D eigenvalue weighted by Crippen LogP contribution is 2.28. The summed E-state index contributed by atoms with van der Waals surface area (Å²) in [5.74, 6) is 0.733. The Hall–Kier alpha value is -1.98. The van der Waals surface area contributed by atoms with Gasteiger partial charge < -0.3 is 10.0 Å². The molecule has 5 nitrogen and oxygen atoms in total. The lowest BCUT2D eigenvalue weighted by Crippen LogP contribution is -2.30. The van der Waals surface area contributed by atoms with E-state index in [2.05, 4.69) is 14.9 Å². The largest absolute Gasteiger partial charge is 0.388 e. The summed E-state index contributed by atoms with van der Waals surface area (Å²) >= 11 is 0. The zero-order valence-corrected chi connectivity index (χ0v) is 14.5. The van der Waals surface area contributed by atoms with Crippen molar-refractivity contribution in [2.45, 2.75) is 38.0 Å². The van der Waals surface area contributed by atoms with Crippen LogP contribution < -0.4 is 4.90 Å². The topological polar surface area (TPSA) is 52.5 Å². The molecule has 1 fully saturated rings. The summed E-state index contributed by atoms with van der Waals surface area (Å²) in [5.41, 5.74) is 2.13. The minimum atomic E-state index is -0.399. The first-order valence-corrected chi connectivity index (χ1v) is 8.59. The average Bonchev–Trinajstić information content (AvgIpc) is 3.03. The Kier molecular flexibility index (Phi) is 5.43. The maximum Gasteiger partial charge on any atom is 0.224 e. The smallest absolute Gasteiger partial charge is 0.224 e. The summed E-state index contributed by atoms with van der Waals surface area (Å²) in [4.78, 5) is 13.1. The zero-order chi connectivity index (χ0) is 16.9. The van der Waals surface area contributed by atoms with Crippen molar-refractivity contribution in [3.8, 4) is 0 Å². The van der Waals surface area contributed by atoms with Gasteiger partial charge in [0.1, 0.15) is 0 Å². The van der Waals surface area contributed by atoms with E-state index in [0.29, 0.717) is 6.04 Å². The molecular formula is C19H26N4O. The SMILES string of the molecule is CN(C)c1ncc(CN2CCC[C@@H]2C[C@@H](O)c2ccccc2)cn1. The molecule has 1 N–H and O–H groups in total. The van der Waals surface area contributed by atoms with Gasteiger partial charge in [-0.05, 0) is 31.4 Å². The number of hydrogen-bond acceptors (Lipinski definition) is 5. The molecule has 2 aromatic rings. The Bertz CT molecular complexity index is 630. The number of nitrogens with zero attached hydrogens (tertiary/aromatic N) is 4. The predicted molar refractivity (Wildman–Crippen MR) is 95.8 cm³/mol. The van der Waals surface area contributed by atoms with Gasteiger partial charge in [-0.2, -0.15) is 0 Å². The van der Waals surface area contributed by atoms with Gasteiger partial charge in [-0.1, -0.05) is 30.3 Å². The Labute approximate surface area is 144 Å². The highest BCUT2D eigenvalue weighted by molar-refractivity contribution is 5.26. The Morgan fingerprint density at radius 1 is 1.21 bits per heavy atom. The standard InChI is InChI=1S/C19H26N4O/c1-22(2)19-20-12-15(13-21-19)14-23-10-6-9-17(23)11-18(24)16-7-4-3-5-8-16/h3-5,7-8,12-13,17-18,24H,6,9-11,14H2,1-2H3/t17-,18-/m1/s1. The van der Waals surface area contributed by atoms with Crippen molar-refractivity contribution in [2.75, 3.05) is 25.5 Å². The maximum absolute atomic E-state index is 10.5. The Morgan fingerprint density at radius 2 is 1.92 bits per heavy atom. The van der Waals surface area contributed by atoms with Crippen LogP contribution in [0.15, 0.2) is 42.7 Å². The second kappa shape index (κ2) is 7.73. The molecule has 1 aliphatic heterocycles. The molecule has 0 bridgehead atoms. The van der Waals surface area contributed by atoms with E-state index in [9.17, 15) is 5.11 Å². The summed E-state index contributed by atoms with van der Waals surface area (Å²) in [6.45, 7) is 1.92. The normalized spacial score (nSPS) is 19.4. The van der Waals surface area contributed by atoms with Gasteiger partial charge in [0.05, 0.1) is 6.10 Å². The fourth-order valence-electron chi connectivity index (χ4n) is 3.33. The molecule has 1 aromatic heterocycles. The van der Waals surface area contributed by atoms with Crippen molar-refractivity contribution in [3.63, 3.8) is 0 Å². The van der Waals surface area contributed by atoms with E-state index < -0.39 is 6.10 Å². The maximum atomic E-state index is 10.5. The Morgan fingerprint density at radius 3 is 2.58 bits per heavy atom. The number of rotatable bonds is 6. The fraction of sp³-hybridized carbons (Fsp3) is 0.474. The molecule has 0 aliphatic carbocycles. The number of aliphatic hydroxyl groups excluding tert-OH is 1. The van der Waals surface area contributed by atoms with Crippen LogP contribution in [0.2, 0.25) is 0 Å². The van der Waals surface area contributed by atoms with Gasteiger partial charge in [0.2, 0.25) is 5.95 Å². The van der Waals surface area contributed by atoms with Crippen molar-refractivity contribution in [1.82, 2.24) is 14.9 Å². The van der Waals surface area contributed by atoms with Crippen molar-refractivity contribution in [1.29, 1.82) is 0 Å². The van der Waals surface area contributed by atoms with E-state index in [1.165, 1.54) is 6.42 Å². The molecule has 1 saturated heterocycles. The van der Waals surface area contributed by atoms with E-state index in [0.717, 1.165) is 43.0 Å². The monoisotopic (exact) mass is 326 g/mol. The summed E-state index contributed by atoms with van der Waals surface area (Å²) in [7, 11) is 3.88. The molecule has 2 heterocycles. The number of aromatic nitrogens is 2. The second-order valence-electron chi connectivity index (χ2n) is 6.71. The summed E-state index contributed by atoms with van der Waals surface area (Å²) in [6, 6.07) is 10.3. The number of hydrogen-bond donors (Lipinski definition) is 1. The molecule has 0 unspecified atom stereocenters. The molecule has 24 heavy (non-hydrogen) atoms. The van der Waals surface area contributed by atoms with Crippen LogP contribution in [0.3, 0.4) is 0 Å². The average molecular weight is 326 g/mol. The predicted octanol–water partition coefficient (Wildman–Crippen LogP) is 2.63. The van der Waals surface area contributed by atoms with Crippen LogP contribution >= 0.6 is 0 Å². The van der Waals surface area contributed by atoms with Crippen LogP contribution in [-0.4, -0.2) is 46.7 Å². The van der Waals surface area contributed by atoms with Gasteiger partial charge in [-0.15, -0.1) is 0 Å². The van der Waals surface area contributed by atoms with Crippen LogP contribution in [-0.2, 0) is 6.54 Å². The molecule has 0 radical (unpaired) electrons. The number of benzene rings is 1. The molecular weight excluding hydrogens is 300 g/mol. The molecule has 1 aliphatic rings. The van der Waals surface area contributed by atoms with E-state index in [1.54, 1.807) is 0 Å². The molecule has 0 amide bonds. The number of likely N-dealkylation sites (tertiary alicyclic amines) is 1. The summed E-state index contributed by atoms with van der Waals surface area (Å²) in [5, 5.41) is 10.5. The lowest BCUT2D eigenvalue weighted by atomic mass is 10.0. The third-order valence-corrected chi connectivity index (χ3v) is 4.66. The first-order valence-electron chi connectivity index (χ1n) is 8.59. The van der Waals surface area contributed by atoms with Crippen LogP contribution in [0.25, 0.3) is 0 Å². The number of aliphatic hydroxyl groups is 1. The molecule has 3 rings (SSSR count). The molecule has 0 saturated carbocycles. The third-order valence-electron chi connectivity index (χ3n) is 4.66. The van der Waals surface area contributed by atoms with Gasteiger partial charge in [-0.3, -0.25) is 4.90 Å². The summed E-state index contributed by atoms with van der Waals surface area (Å²) in [6.07, 6.45) is 6.52. The van der Waals surface area contributed by atoms with E-state index in [1.807, 2.05) is 61.7 Å². The van der Waals surface area contributed by atoms with Crippen molar-refractivity contribution in [3.05, 3.63) is 53.9 Å². The van der Waals surface area contributed by atoms with Crippen LogP contribution in [0.5, 0.6) is 0 Å². The molecule has 5 heteroatoms. The molecule has 128 valence electrons. The Balaban J connectivity index is 1.61. The van der Waals surface area contributed by atoms with Crippen molar-refractivity contribution < 1.29 is 5.11 Å². The summed E-state index contributed by atoms with van der Waals surface area (Å²) < 4.78 is 0. The van der Waals surface area contributed by atoms with Crippen LogP contribution in [0, 0.1) is 0 Å². The van der Waals surface area contributed by atoms with Gasteiger partial charge in [0, 0.05) is 44.6 Å². The van der Waals surface area contributed by atoms with Crippen molar-refractivity contribution >= 4 is 5.95 Å². The third kappa shape index (κ3) is 4.10. The van der Waals surface area contributed by atoms with Gasteiger partial charge in [-0.25, -0.2) is 9.97 Å². The van der Waals surface area contributed by atoms with E-state index in [-0.39, 0.29) is 0 Å². The highest BCUT2D eigenvalue weighted by atomic mass is 16.3. The molecule has 2 atom stereocenters. The molecule has 1 aromatic carbocycles. The minimum absolute atomic E-state index is 0.399. The quantitative estimate of drug-likeness (QED) is 0.884. The van der Waals surface area contributed by atoms with E-state index in [4.69, 9.17) is 0 Å². The van der Waals surface area contributed by atoms with E-state index >= 15 is 0 Å². The fourth-order valence-corrected chi connectivity index (χ4v) is 3.33. The lowest BCUT2D eigenvalue weighted by Gasteiger charge is -2.26. The van der Waals surface area contributed by atoms with Crippen LogP contribution in [0.4, 0.5) is 5.95 Å². The number of anilines is 1. The minimum Gasteiger partial charge on any atom is -0.388 e. The lowest BCUT2D eigenvalue weighted by molar-refractivity contribution is 0.118. The van der Waals surface area contributed by atoms with Gasteiger partial charge in [0.15, 0.2) is 0 Å². The first-order chi connectivity index (χ1) is 11.6. The molecule has 0 spiro atoms.